The van der Waals surface area contributed by atoms with Crippen molar-refractivity contribution < 1.29 is 19.1 Å². The van der Waals surface area contributed by atoms with Crippen LogP contribution in [0, 0.1) is 11.3 Å². The molecule has 0 bridgehead atoms. The van der Waals surface area contributed by atoms with E-state index in [1.807, 2.05) is 26.8 Å². The van der Waals surface area contributed by atoms with Gasteiger partial charge in [-0.15, -0.1) is 0 Å². The molecule has 0 aliphatic carbocycles. The number of carbonyl (C=O) groups excluding carboxylic acids is 2. The molecule has 0 spiro atoms. The maximum Gasteiger partial charge on any atom is 0.410 e. The van der Waals surface area contributed by atoms with E-state index in [1.54, 1.807) is 29.2 Å². The van der Waals surface area contributed by atoms with Gasteiger partial charge in [0.05, 0.1) is 23.2 Å². The molecule has 25 heavy (non-hydrogen) atoms. The average Bonchev–Trinajstić information content (AvgIpc) is 2.58. The minimum atomic E-state index is -0.557. The molecule has 1 aromatic rings. The van der Waals surface area contributed by atoms with Crippen LogP contribution in [0.2, 0.25) is 0 Å². The number of benzene rings is 1. The van der Waals surface area contributed by atoms with Crippen LogP contribution >= 0.6 is 0 Å². The van der Waals surface area contributed by atoms with Crippen LogP contribution in [0.1, 0.15) is 56.0 Å². The quantitative estimate of drug-likeness (QED) is 0.784. The second kappa shape index (κ2) is 8.02. The van der Waals surface area contributed by atoms with Crippen LogP contribution < -0.4 is 0 Å². The van der Waals surface area contributed by atoms with Crippen LogP contribution in [0.15, 0.2) is 24.3 Å². The van der Waals surface area contributed by atoms with Crippen molar-refractivity contribution in [1.29, 1.82) is 5.26 Å². The lowest BCUT2D eigenvalue weighted by molar-refractivity contribution is -0.00527. The summed E-state index contributed by atoms with van der Waals surface area (Å²) in [7, 11) is 0. The summed E-state index contributed by atoms with van der Waals surface area (Å²) in [4.78, 5) is 26.1. The summed E-state index contributed by atoms with van der Waals surface area (Å²) in [5.41, 5.74) is 0.316. The zero-order valence-corrected chi connectivity index (χ0v) is 14.9. The van der Waals surface area contributed by atoms with E-state index in [9.17, 15) is 9.59 Å². The molecule has 1 saturated heterocycles. The van der Waals surface area contributed by atoms with Gasteiger partial charge >= 0.3 is 12.1 Å². The van der Waals surface area contributed by atoms with Crippen molar-refractivity contribution in [2.75, 3.05) is 13.2 Å². The molecule has 1 aliphatic rings. The fourth-order valence-electron chi connectivity index (χ4n) is 2.67. The maximum atomic E-state index is 12.3. The summed E-state index contributed by atoms with van der Waals surface area (Å²) in [5.74, 6) is -0.459. The van der Waals surface area contributed by atoms with Gasteiger partial charge in [-0.3, -0.25) is 0 Å². The Morgan fingerprint density at radius 2 is 1.92 bits per heavy atom. The Kier molecular flexibility index (Phi) is 6.02. The summed E-state index contributed by atoms with van der Waals surface area (Å²) in [6, 6.07) is 8.10. The van der Waals surface area contributed by atoms with E-state index < -0.39 is 11.6 Å². The van der Waals surface area contributed by atoms with Gasteiger partial charge in [0.25, 0.3) is 0 Å². The SMILES string of the molecule is CC(C)(C)OC(=O)N1CCCCC1COC(=O)c1ccc(C#N)cc1. The van der Waals surface area contributed by atoms with Gasteiger partial charge in [-0.25, -0.2) is 9.59 Å². The summed E-state index contributed by atoms with van der Waals surface area (Å²) in [6.07, 6.45) is 2.31. The summed E-state index contributed by atoms with van der Waals surface area (Å²) in [6.45, 7) is 6.23. The van der Waals surface area contributed by atoms with E-state index in [-0.39, 0.29) is 18.7 Å². The number of nitriles is 1. The van der Waals surface area contributed by atoms with Gasteiger partial charge in [0.15, 0.2) is 0 Å². The second-order valence-electron chi connectivity index (χ2n) is 7.11. The highest BCUT2D eigenvalue weighted by molar-refractivity contribution is 5.89. The molecule has 1 amide bonds. The Morgan fingerprint density at radius 3 is 2.52 bits per heavy atom. The first-order chi connectivity index (χ1) is 11.8. The number of nitrogens with zero attached hydrogens (tertiary/aromatic N) is 2. The summed E-state index contributed by atoms with van der Waals surface area (Å²) < 4.78 is 10.8. The van der Waals surface area contributed by atoms with Crippen LogP contribution in [-0.4, -0.2) is 41.8 Å². The molecule has 0 aromatic heterocycles. The van der Waals surface area contributed by atoms with Crippen molar-refractivity contribution in [2.45, 2.75) is 51.7 Å². The molecule has 0 saturated carbocycles. The molecule has 1 aromatic carbocycles. The molecule has 1 atom stereocenters. The Balaban J connectivity index is 1.95. The van der Waals surface area contributed by atoms with Crippen molar-refractivity contribution in [3.63, 3.8) is 0 Å². The first-order valence-electron chi connectivity index (χ1n) is 8.47. The topological polar surface area (TPSA) is 79.6 Å². The maximum absolute atomic E-state index is 12.3. The Bertz CT molecular complexity index is 655. The molecule has 1 unspecified atom stereocenters. The number of ether oxygens (including phenoxy) is 2. The standard InChI is InChI=1S/C19H24N2O4/c1-19(2,3)25-18(23)21-11-5-4-6-16(21)13-24-17(22)15-9-7-14(12-20)8-10-15/h7-10,16H,4-6,11,13H2,1-3H3. The second-order valence-corrected chi connectivity index (χ2v) is 7.11. The first kappa shape index (κ1) is 18.8. The molecule has 2 rings (SSSR count). The lowest BCUT2D eigenvalue weighted by Gasteiger charge is -2.36. The van der Waals surface area contributed by atoms with Crippen molar-refractivity contribution >= 4 is 12.1 Å². The smallest absolute Gasteiger partial charge is 0.410 e. The minimum Gasteiger partial charge on any atom is -0.460 e. The Labute approximate surface area is 148 Å². The first-order valence-corrected chi connectivity index (χ1v) is 8.47. The fraction of sp³-hybridized carbons (Fsp3) is 0.526. The highest BCUT2D eigenvalue weighted by atomic mass is 16.6. The van der Waals surface area contributed by atoms with Crippen molar-refractivity contribution in [2.24, 2.45) is 0 Å². The normalized spacial score (nSPS) is 17.5. The van der Waals surface area contributed by atoms with Crippen LogP contribution in [0.25, 0.3) is 0 Å². The van der Waals surface area contributed by atoms with Crippen LogP contribution in [0.3, 0.4) is 0 Å². The number of rotatable bonds is 3. The minimum absolute atomic E-state index is 0.137. The molecular weight excluding hydrogens is 320 g/mol. The van der Waals surface area contributed by atoms with Gasteiger partial charge in [0.2, 0.25) is 0 Å². The molecule has 0 N–H and O–H groups in total. The van der Waals surface area contributed by atoms with Gasteiger partial charge in [-0.05, 0) is 64.3 Å². The molecule has 6 heteroatoms. The predicted molar refractivity (Wildman–Crippen MR) is 92.0 cm³/mol. The molecule has 1 heterocycles. The van der Waals surface area contributed by atoms with Crippen LogP contribution in [0.4, 0.5) is 4.79 Å². The number of amides is 1. The third-order valence-corrected chi connectivity index (χ3v) is 3.91. The number of likely N-dealkylation sites (tertiary alicyclic amines) is 1. The monoisotopic (exact) mass is 344 g/mol. The summed E-state index contributed by atoms with van der Waals surface area (Å²) in [5, 5.41) is 8.79. The van der Waals surface area contributed by atoms with E-state index in [0.717, 1.165) is 19.3 Å². The van der Waals surface area contributed by atoms with E-state index in [0.29, 0.717) is 17.7 Å². The zero-order chi connectivity index (χ0) is 18.4. The Hall–Kier alpha value is -2.55. The molecule has 134 valence electrons. The number of carbonyl (C=O) groups is 2. The van der Waals surface area contributed by atoms with Crippen molar-refractivity contribution in [3.05, 3.63) is 35.4 Å². The number of piperidine rings is 1. The third kappa shape index (κ3) is 5.49. The van der Waals surface area contributed by atoms with Gasteiger partial charge < -0.3 is 14.4 Å². The third-order valence-electron chi connectivity index (χ3n) is 3.91. The lowest BCUT2D eigenvalue weighted by atomic mass is 10.0. The molecule has 6 nitrogen and oxygen atoms in total. The van der Waals surface area contributed by atoms with Crippen molar-refractivity contribution in [3.8, 4) is 6.07 Å². The van der Waals surface area contributed by atoms with Crippen molar-refractivity contribution in [1.82, 2.24) is 4.90 Å². The van der Waals surface area contributed by atoms with E-state index in [1.165, 1.54) is 0 Å². The molecule has 1 fully saturated rings. The number of hydrogen-bond acceptors (Lipinski definition) is 5. The van der Waals surface area contributed by atoms with Crippen LogP contribution in [-0.2, 0) is 9.47 Å². The van der Waals surface area contributed by atoms with E-state index in [2.05, 4.69) is 0 Å². The molecule has 1 aliphatic heterocycles. The van der Waals surface area contributed by atoms with Gasteiger partial charge in [0, 0.05) is 6.54 Å². The zero-order valence-electron chi connectivity index (χ0n) is 14.9. The number of esters is 1. The summed E-state index contributed by atoms with van der Waals surface area (Å²) >= 11 is 0. The lowest BCUT2D eigenvalue weighted by Crippen LogP contribution is -2.48. The van der Waals surface area contributed by atoms with Crippen LogP contribution in [0.5, 0.6) is 0 Å². The van der Waals surface area contributed by atoms with Gasteiger partial charge in [-0.2, -0.15) is 5.26 Å². The molecule has 0 radical (unpaired) electrons. The number of hydrogen-bond donors (Lipinski definition) is 0. The average molecular weight is 344 g/mol. The van der Waals surface area contributed by atoms with E-state index >= 15 is 0 Å². The largest absolute Gasteiger partial charge is 0.460 e. The fourth-order valence-corrected chi connectivity index (χ4v) is 2.67. The van der Waals surface area contributed by atoms with Gasteiger partial charge in [0.1, 0.15) is 12.2 Å². The van der Waals surface area contributed by atoms with E-state index in [4.69, 9.17) is 14.7 Å². The molecular formula is C19H24N2O4. The van der Waals surface area contributed by atoms with Gasteiger partial charge in [-0.1, -0.05) is 0 Å². The Morgan fingerprint density at radius 1 is 1.24 bits per heavy atom. The highest BCUT2D eigenvalue weighted by Gasteiger charge is 2.31. The predicted octanol–water partition coefficient (Wildman–Crippen LogP) is 3.50. The highest BCUT2D eigenvalue weighted by Crippen LogP contribution is 2.21.